The number of fused-ring (bicyclic) bond motifs is 1. The van der Waals surface area contributed by atoms with Crippen LogP contribution in [0, 0.1) is 0 Å². The van der Waals surface area contributed by atoms with Crippen molar-refractivity contribution >= 4 is 17.5 Å². The van der Waals surface area contributed by atoms with Crippen LogP contribution in [0.1, 0.15) is 26.7 Å². The number of esters is 1. The second-order valence-corrected chi connectivity index (χ2v) is 3.82. The normalized spacial score (nSPS) is 10.6. The molecule has 2 aromatic heterocycles. The number of hydrogen-bond donors (Lipinski definition) is 2. The van der Waals surface area contributed by atoms with Crippen molar-refractivity contribution in [3.63, 3.8) is 0 Å². The van der Waals surface area contributed by atoms with Crippen molar-refractivity contribution in [2.24, 2.45) is 0 Å². The number of hydrogen-bond acceptors (Lipinski definition) is 5. The summed E-state index contributed by atoms with van der Waals surface area (Å²) in [7, 11) is 1.25. The minimum absolute atomic E-state index is 0.142. The first kappa shape index (κ1) is 13.0. The molecule has 0 saturated carbocycles. The van der Waals surface area contributed by atoms with Gasteiger partial charge in [-0.3, -0.25) is 0 Å². The predicted molar refractivity (Wildman–Crippen MR) is 64.3 cm³/mol. The fraction of sp³-hybridized carbons (Fsp3) is 0.250. The van der Waals surface area contributed by atoms with Crippen LogP contribution in [-0.2, 0) is 11.2 Å². The van der Waals surface area contributed by atoms with E-state index >= 15 is 0 Å². The van der Waals surface area contributed by atoms with Crippen LogP contribution in [-0.4, -0.2) is 45.3 Å². The molecule has 2 rings (SSSR count). The van der Waals surface area contributed by atoms with E-state index in [0.29, 0.717) is 11.3 Å². The first-order chi connectivity index (χ1) is 9.08. The van der Waals surface area contributed by atoms with Gasteiger partial charge in [0, 0.05) is 12.6 Å². The van der Waals surface area contributed by atoms with Gasteiger partial charge in [-0.15, -0.1) is 0 Å². The lowest BCUT2D eigenvalue weighted by molar-refractivity contribution is 0.0599. The van der Waals surface area contributed by atoms with Crippen LogP contribution >= 0.6 is 0 Å². The summed E-state index contributed by atoms with van der Waals surface area (Å²) in [6.45, 7) is -0.142. The number of carbonyl (C=O) groups excluding carboxylic acids is 1. The quantitative estimate of drug-likeness (QED) is 0.773. The highest BCUT2D eigenvalue weighted by atomic mass is 16.5. The van der Waals surface area contributed by atoms with Crippen molar-refractivity contribution in [1.82, 2.24) is 9.38 Å². The van der Waals surface area contributed by atoms with Crippen molar-refractivity contribution in [3.8, 4) is 0 Å². The number of nitrogens with zero attached hydrogens (tertiary/aromatic N) is 2. The van der Waals surface area contributed by atoms with Crippen molar-refractivity contribution in [2.45, 2.75) is 6.42 Å². The SMILES string of the molecule is COC(=O)c1ccn2c(CCO)nc(C(=O)O)c2c1. The van der Waals surface area contributed by atoms with E-state index in [2.05, 4.69) is 9.72 Å². The molecular weight excluding hydrogens is 252 g/mol. The fourth-order valence-electron chi connectivity index (χ4n) is 1.83. The highest BCUT2D eigenvalue weighted by molar-refractivity contribution is 5.96. The summed E-state index contributed by atoms with van der Waals surface area (Å²) >= 11 is 0. The summed E-state index contributed by atoms with van der Waals surface area (Å²) in [6, 6.07) is 2.91. The van der Waals surface area contributed by atoms with Gasteiger partial charge in [-0.05, 0) is 12.1 Å². The highest BCUT2D eigenvalue weighted by Crippen LogP contribution is 2.16. The molecule has 19 heavy (non-hydrogen) atoms. The molecule has 0 amide bonds. The van der Waals surface area contributed by atoms with E-state index in [9.17, 15) is 9.59 Å². The van der Waals surface area contributed by atoms with Gasteiger partial charge in [-0.25, -0.2) is 14.6 Å². The molecule has 2 aromatic rings. The number of aromatic nitrogens is 2. The lowest BCUT2D eigenvalue weighted by Gasteiger charge is -2.02. The Morgan fingerprint density at radius 1 is 1.47 bits per heavy atom. The van der Waals surface area contributed by atoms with E-state index in [-0.39, 0.29) is 24.3 Å². The smallest absolute Gasteiger partial charge is 0.356 e. The number of pyridine rings is 1. The van der Waals surface area contributed by atoms with Crippen molar-refractivity contribution in [2.75, 3.05) is 13.7 Å². The van der Waals surface area contributed by atoms with Gasteiger partial charge in [0.15, 0.2) is 5.69 Å². The largest absolute Gasteiger partial charge is 0.476 e. The summed E-state index contributed by atoms with van der Waals surface area (Å²) in [6.07, 6.45) is 1.76. The molecule has 0 atom stereocenters. The zero-order chi connectivity index (χ0) is 14.0. The van der Waals surface area contributed by atoms with E-state index in [4.69, 9.17) is 10.2 Å². The standard InChI is InChI=1S/C12H12N2O5/c1-19-12(18)7-2-4-14-8(6-7)10(11(16)17)13-9(14)3-5-15/h2,4,6,15H,3,5H2,1H3,(H,16,17). The number of rotatable bonds is 4. The van der Waals surface area contributed by atoms with Crippen LogP contribution in [0.2, 0.25) is 0 Å². The Kier molecular flexibility index (Phi) is 3.48. The van der Waals surface area contributed by atoms with E-state index < -0.39 is 11.9 Å². The molecule has 0 fully saturated rings. The summed E-state index contributed by atoms with van der Waals surface area (Å²) < 4.78 is 6.12. The second kappa shape index (κ2) is 5.07. The molecule has 0 aliphatic rings. The molecule has 0 radical (unpaired) electrons. The number of methoxy groups -OCH3 is 1. The Bertz CT molecular complexity index is 647. The van der Waals surface area contributed by atoms with Crippen LogP contribution in [0.15, 0.2) is 18.3 Å². The van der Waals surface area contributed by atoms with Gasteiger partial charge in [0.05, 0.1) is 24.8 Å². The Hall–Kier alpha value is -2.41. The maximum absolute atomic E-state index is 11.4. The minimum atomic E-state index is -1.19. The number of aromatic carboxylic acids is 1. The fourth-order valence-corrected chi connectivity index (χ4v) is 1.83. The van der Waals surface area contributed by atoms with Gasteiger partial charge in [0.2, 0.25) is 0 Å². The Morgan fingerprint density at radius 2 is 2.21 bits per heavy atom. The lowest BCUT2D eigenvalue weighted by atomic mass is 10.2. The van der Waals surface area contributed by atoms with E-state index in [1.54, 1.807) is 0 Å². The molecule has 0 unspecified atom stereocenters. The summed E-state index contributed by atoms with van der Waals surface area (Å²) in [5.74, 6) is -1.32. The Balaban J connectivity index is 2.65. The second-order valence-electron chi connectivity index (χ2n) is 3.82. The molecule has 0 bridgehead atoms. The van der Waals surface area contributed by atoms with Crippen molar-refractivity contribution in [1.29, 1.82) is 0 Å². The molecule has 2 heterocycles. The predicted octanol–water partition coefficient (Wildman–Crippen LogP) is 0.354. The number of ether oxygens (including phenoxy) is 1. The monoisotopic (exact) mass is 264 g/mol. The third-order valence-corrected chi connectivity index (χ3v) is 2.68. The van der Waals surface area contributed by atoms with Crippen LogP contribution < -0.4 is 0 Å². The van der Waals surface area contributed by atoms with Gasteiger partial charge in [0.25, 0.3) is 0 Å². The minimum Gasteiger partial charge on any atom is -0.476 e. The summed E-state index contributed by atoms with van der Waals surface area (Å²) in [5, 5.41) is 18.0. The molecule has 0 aromatic carbocycles. The van der Waals surface area contributed by atoms with E-state index in [0.717, 1.165) is 0 Å². The molecule has 0 spiro atoms. The van der Waals surface area contributed by atoms with Gasteiger partial charge in [-0.2, -0.15) is 0 Å². The zero-order valence-corrected chi connectivity index (χ0v) is 10.2. The highest BCUT2D eigenvalue weighted by Gasteiger charge is 2.18. The molecule has 0 saturated heterocycles. The van der Waals surface area contributed by atoms with Crippen LogP contribution in [0.4, 0.5) is 0 Å². The van der Waals surface area contributed by atoms with Crippen LogP contribution in [0.3, 0.4) is 0 Å². The van der Waals surface area contributed by atoms with E-state index in [1.807, 2.05) is 0 Å². The summed E-state index contributed by atoms with van der Waals surface area (Å²) in [4.78, 5) is 26.5. The first-order valence-corrected chi connectivity index (χ1v) is 5.52. The first-order valence-electron chi connectivity index (χ1n) is 5.52. The zero-order valence-electron chi connectivity index (χ0n) is 10.2. The van der Waals surface area contributed by atoms with Crippen LogP contribution in [0.25, 0.3) is 5.52 Å². The average molecular weight is 264 g/mol. The van der Waals surface area contributed by atoms with Gasteiger partial charge in [-0.1, -0.05) is 0 Å². The van der Waals surface area contributed by atoms with Gasteiger partial charge in [0.1, 0.15) is 5.82 Å². The number of carboxylic acids is 1. The van der Waals surface area contributed by atoms with E-state index in [1.165, 1.54) is 29.8 Å². The molecule has 7 heteroatoms. The van der Waals surface area contributed by atoms with Gasteiger partial charge >= 0.3 is 11.9 Å². The van der Waals surface area contributed by atoms with Crippen LogP contribution in [0.5, 0.6) is 0 Å². The number of carboxylic acid groups (broad SMARTS) is 1. The topological polar surface area (TPSA) is 101 Å². The average Bonchev–Trinajstić information content (AvgIpc) is 2.76. The Labute approximate surface area is 108 Å². The number of aliphatic hydroxyl groups excluding tert-OH is 1. The lowest BCUT2D eigenvalue weighted by Crippen LogP contribution is -2.03. The molecular formula is C12H12N2O5. The maximum Gasteiger partial charge on any atom is 0.356 e. The van der Waals surface area contributed by atoms with Gasteiger partial charge < -0.3 is 19.4 Å². The van der Waals surface area contributed by atoms with Crippen molar-refractivity contribution < 1.29 is 24.5 Å². The third-order valence-electron chi connectivity index (χ3n) is 2.68. The number of imidazole rings is 1. The van der Waals surface area contributed by atoms with Crippen molar-refractivity contribution in [3.05, 3.63) is 35.4 Å². The summed E-state index contributed by atoms with van der Waals surface area (Å²) in [5.41, 5.74) is 0.376. The molecule has 2 N–H and O–H groups in total. The maximum atomic E-state index is 11.4. The molecule has 0 aliphatic heterocycles. The number of carbonyl (C=O) groups is 2. The number of aliphatic hydroxyl groups is 1. The Morgan fingerprint density at radius 3 is 2.79 bits per heavy atom. The molecule has 0 aliphatic carbocycles. The molecule has 7 nitrogen and oxygen atoms in total. The molecule has 100 valence electrons. The third kappa shape index (κ3) is 2.27.